The van der Waals surface area contributed by atoms with Crippen molar-refractivity contribution in [2.45, 2.75) is 65.0 Å². The molecular weight excluding hydrogens is 480 g/mol. The van der Waals surface area contributed by atoms with Gasteiger partial charge in [0.1, 0.15) is 11.4 Å². The number of rotatable bonds is 7. The number of ketones is 1. The van der Waals surface area contributed by atoms with Crippen molar-refractivity contribution in [3.63, 3.8) is 0 Å². The zero-order chi connectivity index (χ0) is 27.8. The molecule has 200 valence electrons. The van der Waals surface area contributed by atoms with E-state index in [2.05, 4.69) is 20.0 Å². The summed E-state index contributed by atoms with van der Waals surface area (Å²) in [4.78, 5) is 32.8. The molecule has 4 rings (SSSR count). The second-order valence-electron chi connectivity index (χ2n) is 11.1. The lowest BCUT2D eigenvalue weighted by Gasteiger charge is -2.46. The molecule has 1 aliphatic rings. The lowest BCUT2D eigenvalue weighted by Crippen LogP contribution is -2.53. The fourth-order valence-electron chi connectivity index (χ4n) is 5.71. The van der Waals surface area contributed by atoms with Crippen molar-refractivity contribution in [1.29, 1.82) is 5.26 Å². The maximum Gasteiger partial charge on any atom is 0.225 e. The molecule has 0 aliphatic carbocycles. The van der Waals surface area contributed by atoms with E-state index in [0.717, 1.165) is 29.4 Å². The van der Waals surface area contributed by atoms with Crippen molar-refractivity contribution < 1.29 is 19.4 Å². The lowest BCUT2D eigenvalue weighted by atomic mass is 9.78. The van der Waals surface area contributed by atoms with Crippen LogP contribution in [0.2, 0.25) is 0 Å². The van der Waals surface area contributed by atoms with E-state index in [0.29, 0.717) is 29.0 Å². The number of hydrogen-bond donors (Lipinski definition) is 1. The molecule has 2 aromatic heterocycles. The molecule has 38 heavy (non-hydrogen) atoms. The molecule has 0 radical (unpaired) electrons. The minimum Gasteiger partial charge on any atom is -0.496 e. The van der Waals surface area contributed by atoms with Crippen LogP contribution in [0, 0.1) is 17.2 Å². The number of pyridine rings is 1. The summed E-state index contributed by atoms with van der Waals surface area (Å²) in [6.45, 7) is 8.56. The molecule has 1 aliphatic heterocycles. The first-order valence-electron chi connectivity index (χ1n) is 13.0. The summed E-state index contributed by atoms with van der Waals surface area (Å²) in [5, 5.41) is 19.7. The first-order valence-corrected chi connectivity index (χ1v) is 13.0. The van der Waals surface area contributed by atoms with Gasteiger partial charge in [-0.2, -0.15) is 5.26 Å². The van der Waals surface area contributed by atoms with E-state index >= 15 is 0 Å². The number of hydrogen-bond acceptors (Lipinski definition) is 6. The van der Waals surface area contributed by atoms with Crippen molar-refractivity contribution in [1.82, 2.24) is 14.5 Å². The van der Waals surface area contributed by atoms with Crippen LogP contribution >= 0.6 is 0 Å². The first-order chi connectivity index (χ1) is 18.0. The molecule has 0 bridgehead atoms. The summed E-state index contributed by atoms with van der Waals surface area (Å²) in [5.41, 5.74) is 3.46. The molecule has 1 fully saturated rings. The Morgan fingerprint density at radius 3 is 2.63 bits per heavy atom. The molecule has 1 N–H and O–H groups in total. The predicted octanol–water partition coefficient (Wildman–Crippen LogP) is 4.51. The third kappa shape index (κ3) is 4.91. The molecule has 0 spiro atoms. The fraction of sp³-hybridized carbons (Fsp3) is 0.467. The van der Waals surface area contributed by atoms with Crippen molar-refractivity contribution in [2.24, 2.45) is 13.0 Å². The van der Waals surface area contributed by atoms with Crippen LogP contribution < -0.4 is 4.74 Å². The van der Waals surface area contributed by atoms with E-state index in [4.69, 9.17) is 9.72 Å². The van der Waals surface area contributed by atoms with Crippen LogP contribution in [0.25, 0.3) is 11.0 Å². The number of carbonyl (C=O) groups excluding carboxylic acids is 2. The number of Topliss-reactive ketones (excluding diaryl/α,β-unsaturated/α-hetero) is 1. The van der Waals surface area contributed by atoms with E-state index in [1.165, 1.54) is 6.07 Å². The number of ether oxygens (including phenoxy) is 1. The van der Waals surface area contributed by atoms with E-state index in [9.17, 15) is 20.0 Å². The number of methoxy groups -OCH3 is 1. The van der Waals surface area contributed by atoms with Gasteiger partial charge in [-0.05, 0) is 49.8 Å². The molecule has 1 atom stereocenters. The summed E-state index contributed by atoms with van der Waals surface area (Å²) in [6.07, 6.45) is 5.49. The molecular formula is C30H36N4O4. The predicted molar refractivity (Wildman–Crippen MR) is 145 cm³/mol. The fourth-order valence-corrected chi connectivity index (χ4v) is 5.71. The van der Waals surface area contributed by atoms with Crippen molar-refractivity contribution in [2.75, 3.05) is 13.7 Å². The topological polar surface area (TPSA) is 108 Å². The Morgan fingerprint density at radius 2 is 2.03 bits per heavy atom. The summed E-state index contributed by atoms with van der Waals surface area (Å²) in [7, 11) is 3.56. The van der Waals surface area contributed by atoms with Crippen molar-refractivity contribution in [3.8, 4) is 11.8 Å². The maximum absolute atomic E-state index is 13.2. The smallest absolute Gasteiger partial charge is 0.225 e. The SMILES string of the molecule is COc1c(CC(=O)c2ccc(CO)c(C#N)c2)cnc2c1c([C@H]1CCN(C(=O)C(C)C)C(C)(C)C1)cn2C. The molecule has 8 nitrogen and oxygen atoms in total. The van der Waals surface area contributed by atoms with Crippen LogP contribution in [-0.2, 0) is 24.9 Å². The second-order valence-corrected chi connectivity index (χ2v) is 11.1. The highest BCUT2D eigenvalue weighted by Crippen LogP contribution is 2.44. The number of aromatic nitrogens is 2. The van der Waals surface area contributed by atoms with Crippen LogP contribution in [0.3, 0.4) is 0 Å². The Kier molecular flexibility index (Phi) is 7.61. The molecule has 1 saturated heterocycles. The lowest BCUT2D eigenvalue weighted by molar-refractivity contribution is -0.142. The Hall–Kier alpha value is -3.70. The van der Waals surface area contributed by atoms with Gasteiger partial charge in [-0.15, -0.1) is 0 Å². The number of fused-ring (bicyclic) bond motifs is 1. The number of carbonyl (C=O) groups is 2. The van der Waals surface area contributed by atoms with Crippen LogP contribution in [0.1, 0.15) is 79.1 Å². The van der Waals surface area contributed by atoms with Gasteiger partial charge in [0.2, 0.25) is 5.91 Å². The number of nitrogens with zero attached hydrogens (tertiary/aromatic N) is 4. The second kappa shape index (κ2) is 10.6. The number of aliphatic hydroxyl groups excluding tert-OH is 1. The van der Waals surface area contributed by atoms with Gasteiger partial charge in [0.05, 0.1) is 30.7 Å². The Labute approximate surface area is 223 Å². The normalized spacial score (nSPS) is 17.0. The number of likely N-dealkylation sites (tertiary alicyclic amines) is 1. The van der Waals surface area contributed by atoms with E-state index in [-0.39, 0.29) is 47.7 Å². The van der Waals surface area contributed by atoms with Crippen LogP contribution in [0.15, 0.2) is 30.6 Å². The average Bonchev–Trinajstić information content (AvgIpc) is 3.23. The molecule has 0 saturated carbocycles. The van der Waals surface area contributed by atoms with Gasteiger partial charge in [-0.1, -0.05) is 26.0 Å². The van der Waals surface area contributed by atoms with E-state index in [1.54, 1.807) is 25.4 Å². The van der Waals surface area contributed by atoms with Gasteiger partial charge in [0, 0.05) is 55.0 Å². The number of piperidine rings is 1. The largest absolute Gasteiger partial charge is 0.496 e. The van der Waals surface area contributed by atoms with Crippen LogP contribution in [-0.4, -0.2) is 50.4 Å². The van der Waals surface area contributed by atoms with Gasteiger partial charge >= 0.3 is 0 Å². The van der Waals surface area contributed by atoms with Crippen molar-refractivity contribution >= 4 is 22.7 Å². The number of amides is 1. The number of nitriles is 1. The molecule has 1 amide bonds. The van der Waals surface area contributed by atoms with Gasteiger partial charge in [0.15, 0.2) is 5.78 Å². The highest BCUT2D eigenvalue weighted by molar-refractivity contribution is 5.99. The average molecular weight is 517 g/mol. The van der Waals surface area contributed by atoms with E-state index < -0.39 is 0 Å². The standard InChI is InChI=1S/C30H36N4O4/c1-18(2)29(37)34-10-9-20(13-30(34,3)4)24-16-33(5)28-26(24)27(38-6)23(15-32-28)12-25(36)19-7-8-21(17-35)22(11-19)14-31/h7-8,11,15-16,18,20,35H,9-10,12-13,17H2,1-6H3/t20-/m0/s1. The summed E-state index contributed by atoms with van der Waals surface area (Å²) >= 11 is 0. The monoisotopic (exact) mass is 516 g/mol. The Bertz CT molecular complexity index is 1430. The summed E-state index contributed by atoms with van der Waals surface area (Å²) in [6, 6.07) is 6.81. The maximum atomic E-state index is 13.2. The van der Waals surface area contributed by atoms with Gasteiger partial charge in [-0.25, -0.2) is 4.98 Å². The van der Waals surface area contributed by atoms with E-state index in [1.807, 2.05) is 36.4 Å². The minimum absolute atomic E-state index is 0.0446. The van der Waals surface area contributed by atoms with Crippen LogP contribution in [0.5, 0.6) is 5.75 Å². The van der Waals surface area contributed by atoms with Gasteiger partial charge in [0.25, 0.3) is 0 Å². The Balaban J connectivity index is 1.70. The highest BCUT2D eigenvalue weighted by Gasteiger charge is 2.40. The minimum atomic E-state index is -0.292. The van der Waals surface area contributed by atoms with Crippen molar-refractivity contribution in [3.05, 3.63) is 58.4 Å². The zero-order valence-electron chi connectivity index (χ0n) is 23.0. The zero-order valence-corrected chi connectivity index (χ0v) is 23.0. The number of benzene rings is 1. The molecule has 0 unspecified atom stereocenters. The van der Waals surface area contributed by atoms with Gasteiger partial charge < -0.3 is 19.3 Å². The molecule has 3 aromatic rings. The number of aliphatic hydroxyl groups is 1. The molecule has 1 aromatic carbocycles. The third-order valence-electron chi connectivity index (χ3n) is 7.70. The number of aryl methyl sites for hydroxylation is 1. The highest BCUT2D eigenvalue weighted by atomic mass is 16.5. The van der Waals surface area contributed by atoms with Gasteiger partial charge in [-0.3, -0.25) is 9.59 Å². The molecule has 3 heterocycles. The first kappa shape index (κ1) is 27.3. The van der Waals surface area contributed by atoms with Crippen LogP contribution in [0.4, 0.5) is 0 Å². The Morgan fingerprint density at radius 1 is 1.29 bits per heavy atom. The molecule has 8 heteroatoms. The summed E-state index contributed by atoms with van der Waals surface area (Å²) < 4.78 is 7.90. The summed E-state index contributed by atoms with van der Waals surface area (Å²) in [5.74, 6) is 0.806. The quantitative estimate of drug-likeness (QED) is 0.463. The third-order valence-corrected chi connectivity index (χ3v) is 7.70.